The standard InChI is InChI=1S/C17H16N4O4S/c1-11-6-5-9-13-15(11)19-17(23)16(13)21-20-14(22)10-18-26(24,25)12-7-3-2-4-8-12/h2-9,18-19,23H,10H2,1H3. The van der Waals surface area contributed by atoms with Gasteiger partial charge < -0.3 is 10.1 Å². The second-order valence-electron chi connectivity index (χ2n) is 5.55. The zero-order valence-electron chi connectivity index (χ0n) is 13.8. The van der Waals surface area contributed by atoms with Crippen LogP contribution < -0.4 is 4.72 Å². The predicted molar refractivity (Wildman–Crippen MR) is 95.9 cm³/mol. The van der Waals surface area contributed by atoms with Crippen LogP contribution >= 0.6 is 0 Å². The number of hydrogen-bond donors (Lipinski definition) is 3. The highest BCUT2D eigenvalue weighted by Gasteiger charge is 2.15. The molecule has 0 fully saturated rings. The van der Waals surface area contributed by atoms with E-state index in [-0.39, 0.29) is 16.5 Å². The zero-order chi connectivity index (χ0) is 18.7. The first kappa shape index (κ1) is 17.8. The summed E-state index contributed by atoms with van der Waals surface area (Å²) in [5.41, 5.74) is 1.72. The fraction of sp³-hybridized carbons (Fsp3) is 0.118. The lowest BCUT2D eigenvalue weighted by molar-refractivity contribution is -0.117. The van der Waals surface area contributed by atoms with Gasteiger partial charge in [-0.25, -0.2) is 13.1 Å². The molecule has 0 saturated heterocycles. The number of nitrogens with one attached hydrogen (secondary N) is 2. The molecule has 3 rings (SSSR count). The average Bonchev–Trinajstić information content (AvgIpc) is 2.96. The van der Waals surface area contributed by atoms with Crippen molar-refractivity contribution >= 4 is 32.5 Å². The summed E-state index contributed by atoms with van der Waals surface area (Å²) in [5.74, 6) is -0.998. The molecule has 9 heteroatoms. The van der Waals surface area contributed by atoms with Crippen LogP contribution in [0.2, 0.25) is 0 Å². The normalized spacial score (nSPS) is 12.0. The van der Waals surface area contributed by atoms with Crippen molar-refractivity contribution in [3.63, 3.8) is 0 Å². The van der Waals surface area contributed by atoms with E-state index in [1.807, 2.05) is 13.0 Å². The number of azo groups is 1. The van der Waals surface area contributed by atoms with Crippen LogP contribution in [0.25, 0.3) is 10.9 Å². The minimum atomic E-state index is -3.80. The molecule has 2 aromatic carbocycles. The van der Waals surface area contributed by atoms with Crippen molar-refractivity contribution in [1.29, 1.82) is 0 Å². The number of aromatic nitrogens is 1. The fourth-order valence-electron chi connectivity index (χ4n) is 2.42. The van der Waals surface area contributed by atoms with Crippen molar-refractivity contribution < 1.29 is 18.3 Å². The molecular formula is C17H16N4O4S. The van der Waals surface area contributed by atoms with E-state index in [1.165, 1.54) is 12.1 Å². The van der Waals surface area contributed by atoms with Crippen molar-refractivity contribution in [1.82, 2.24) is 9.71 Å². The number of para-hydroxylation sites is 1. The van der Waals surface area contributed by atoms with Gasteiger partial charge in [0.25, 0.3) is 5.91 Å². The Morgan fingerprint density at radius 2 is 1.88 bits per heavy atom. The number of carbonyl (C=O) groups excluding carboxylic acids is 1. The van der Waals surface area contributed by atoms with Gasteiger partial charge in [0, 0.05) is 5.39 Å². The van der Waals surface area contributed by atoms with E-state index in [2.05, 4.69) is 19.9 Å². The summed E-state index contributed by atoms with van der Waals surface area (Å²) >= 11 is 0. The third kappa shape index (κ3) is 3.63. The number of H-pyrrole nitrogens is 1. The van der Waals surface area contributed by atoms with Gasteiger partial charge in [-0.05, 0) is 24.6 Å². The molecule has 0 spiro atoms. The highest BCUT2D eigenvalue weighted by molar-refractivity contribution is 7.89. The van der Waals surface area contributed by atoms with Crippen molar-refractivity contribution in [2.75, 3.05) is 6.54 Å². The predicted octanol–water partition coefficient (Wildman–Crippen LogP) is 2.77. The quantitative estimate of drug-likeness (QED) is 0.596. The van der Waals surface area contributed by atoms with Gasteiger partial charge in [-0.3, -0.25) is 4.79 Å². The van der Waals surface area contributed by atoms with E-state index in [0.29, 0.717) is 10.9 Å². The molecule has 3 N–H and O–H groups in total. The molecule has 1 aromatic heterocycles. The van der Waals surface area contributed by atoms with E-state index in [1.54, 1.807) is 30.3 Å². The van der Waals surface area contributed by atoms with E-state index in [4.69, 9.17) is 0 Å². The van der Waals surface area contributed by atoms with E-state index in [0.717, 1.165) is 5.56 Å². The van der Waals surface area contributed by atoms with Crippen LogP contribution in [0.1, 0.15) is 5.56 Å². The second-order valence-corrected chi connectivity index (χ2v) is 7.32. The number of fused-ring (bicyclic) bond motifs is 1. The van der Waals surface area contributed by atoms with Crippen molar-refractivity contribution in [3.05, 3.63) is 54.1 Å². The smallest absolute Gasteiger partial charge is 0.279 e. The molecule has 1 heterocycles. The zero-order valence-corrected chi connectivity index (χ0v) is 14.6. The fourth-order valence-corrected chi connectivity index (χ4v) is 3.41. The molecule has 3 aromatic rings. The van der Waals surface area contributed by atoms with Gasteiger partial charge in [0.2, 0.25) is 15.9 Å². The average molecular weight is 372 g/mol. The van der Waals surface area contributed by atoms with Crippen LogP contribution in [-0.2, 0) is 14.8 Å². The minimum Gasteiger partial charge on any atom is -0.493 e. The van der Waals surface area contributed by atoms with Crippen LogP contribution in [0.4, 0.5) is 5.69 Å². The van der Waals surface area contributed by atoms with Gasteiger partial charge in [0.05, 0.1) is 17.0 Å². The molecule has 0 bridgehead atoms. The topological polar surface area (TPSA) is 124 Å². The third-order valence-corrected chi connectivity index (χ3v) is 5.14. The molecule has 0 atom stereocenters. The highest BCUT2D eigenvalue weighted by Crippen LogP contribution is 2.36. The van der Waals surface area contributed by atoms with Crippen LogP contribution in [0.3, 0.4) is 0 Å². The van der Waals surface area contributed by atoms with Gasteiger partial charge >= 0.3 is 0 Å². The maximum atomic E-state index is 12.1. The van der Waals surface area contributed by atoms with Crippen LogP contribution in [0.5, 0.6) is 5.88 Å². The molecule has 0 aliphatic heterocycles. The molecule has 26 heavy (non-hydrogen) atoms. The number of rotatable bonds is 5. The second kappa shape index (κ2) is 7.06. The Labute approximate surface area is 149 Å². The van der Waals surface area contributed by atoms with Crippen LogP contribution in [-0.4, -0.2) is 31.0 Å². The number of aryl methyl sites for hydroxylation is 1. The maximum Gasteiger partial charge on any atom is 0.279 e. The molecule has 0 aliphatic carbocycles. The van der Waals surface area contributed by atoms with Gasteiger partial charge in [0.15, 0.2) is 5.69 Å². The van der Waals surface area contributed by atoms with Crippen molar-refractivity contribution in [2.45, 2.75) is 11.8 Å². The van der Waals surface area contributed by atoms with E-state index >= 15 is 0 Å². The number of benzene rings is 2. The third-order valence-electron chi connectivity index (χ3n) is 3.72. The van der Waals surface area contributed by atoms with Gasteiger partial charge in [-0.2, -0.15) is 0 Å². The Bertz CT molecular complexity index is 1090. The van der Waals surface area contributed by atoms with Gasteiger partial charge in [-0.15, -0.1) is 10.2 Å². The number of aromatic amines is 1. The molecule has 0 unspecified atom stereocenters. The number of aromatic hydroxyl groups is 1. The lowest BCUT2D eigenvalue weighted by atomic mass is 10.1. The largest absolute Gasteiger partial charge is 0.493 e. The van der Waals surface area contributed by atoms with Gasteiger partial charge in [0.1, 0.15) is 0 Å². The Hall–Kier alpha value is -3.04. The Kier molecular flexibility index (Phi) is 4.83. The summed E-state index contributed by atoms with van der Waals surface area (Å²) < 4.78 is 26.3. The first-order valence-corrected chi connectivity index (χ1v) is 9.16. The Morgan fingerprint density at radius 3 is 2.62 bits per heavy atom. The molecule has 0 aliphatic rings. The van der Waals surface area contributed by atoms with Crippen LogP contribution in [0, 0.1) is 6.92 Å². The Balaban J connectivity index is 1.73. The number of sulfonamides is 1. The number of nitrogens with zero attached hydrogens (tertiary/aromatic N) is 2. The summed E-state index contributed by atoms with van der Waals surface area (Å²) in [6.07, 6.45) is 0. The van der Waals surface area contributed by atoms with Crippen LogP contribution in [0.15, 0.2) is 63.7 Å². The molecular weight excluding hydrogens is 356 g/mol. The van der Waals surface area contributed by atoms with Crippen molar-refractivity contribution in [2.24, 2.45) is 10.2 Å². The van der Waals surface area contributed by atoms with E-state index in [9.17, 15) is 18.3 Å². The monoisotopic (exact) mass is 372 g/mol. The SMILES string of the molecule is Cc1cccc2c(N=NC(=O)CNS(=O)(=O)c3ccccc3)c(O)[nH]c12. The number of amides is 1. The lowest BCUT2D eigenvalue weighted by Crippen LogP contribution is -2.28. The number of carbonyl (C=O) groups is 1. The molecule has 0 saturated carbocycles. The molecule has 8 nitrogen and oxygen atoms in total. The summed E-state index contributed by atoms with van der Waals surface area (Å²) in [6.45, 7) is 1.32. The summed E-state index contributed by atoms with van der Waals surface area (Å²) in [4.78, 5) is 14.7. The minimum absolute atomic E-state index is 0.0505. The summed E-state index contributed by atoms with van der Waals surface area (Å²) in [7, 11) is -3.80. The Morgan fingerprint density at radius 1 is 1.15 bits per heavy atom. The summed E-state index contributed by atoms with van der Waals surface area (Å²) in [5, 5.41) is 17.8. The van der Waals surface area contributed by atoms with Crippen molar-refractivity contribution in [3.8, 4) is 5.88 Å². The maximum absolute atomic E-state index is 12.1. The number of hydrogen-bond acceptors (Lipinski definition) is 5. The van der Waals surface area contributed by atoms with Gasteiger partial charge in [-0.1, -0.05) is 36.4 Å². The highest BCUT2D eigenvalue weighted by atomic mass is 32.2. The molecule has 0 radical (unpaired) electrons. The first-order chi connectivity index (χ1) is 12.4. The first-order valence-electron chi connectivity index (χ1n) is 7.68. The molecule has 134 valence electrons. The lowest BCUT2D eigenvalue weighted by Gasteiger charge is -2.03. The molecule has 1 amide bonds. The summed E-state index contributed by atoms with van der Waals surface area (Å²) in [6, 6.07) is 13.1. The van der Waals surface area contributed by atoms with E-state index < -0.39 is 22.5 Å².